The highest BCUT2D eigenvalue weighted by atomic mass is 16.5. The highest BCUT2D eigenvalue weighted by molar-refractivity contribution is 5.83. The number of para-hydroxylation sites is 1. The Morgan fingerprint density at radius 3 is 2.83 bits per heavy atom. The third-order valence-corrected chi connectivity index (χ3v) is 2.69. The lowest BCUT2D eigenvalue weighted by Gasteiger charge is -2.12. The van der Waals surface area contributed by atoms with Crippen LogP contribution in [0.3, 0.4) is 0 Å². The zero-order valence-electron chi connectivity index (χ0n) is 9.50. The second-order valence-electron chi connectivity index (χ2n) is 4.02. The molecule has 2 rings (SSSR count). The van der Waals surface area contributed by atoms with Crippen LogP contribution < -0.4 is 10.1 Å². The molecule has 96 valence electrons. The van der Waals surface area contributed by atoms with E-state index in [4.69, 9.17) is 14.9 Å². The number of carboxylic acids is 1. The van der Waals surface area contributed by atoms with E-state index in [1.54, 1.807) is 6.07 Å². The number of nitrogens with one attached hydrogen (secondary N) is 1. The van der Waals surface area contributed by atoms with Crippen LogP contribution in [0.5, 0.6) is 5.75 Å². The van der Waals surface area contributed by atoms with Crippen LogP contribution in [0, 0.1) is 0 Å². The molecule has 0 aliphatic carbocycles. The first-order chi connectivity index (χ1) is 8.58. The minimum Gasteiger partial charge on any atom is -0.480 e. The number of carboxylic acid groups (broad SMARTS) is 1. The maximum atomic E-state index is 11.7. The first kappa shape index (κ1) is 12.4. The van der Waals surface area contributed by atoms with Crippen LogP contribution in [0.2, 0.25) is 0 Å². The molecule has 1 aliphatic rings. The van der Waals surface area contributed by atoms with Crippen molar-refractivity contribution in [2.24, 2.45) is 0 Å². The Hall–Kier alpha value is -2.08. The number of benzene rings is 1. The summed E-state index contributed by atoms with van der Waals surface area (Å²) in [4.78, 5) is 22.1. The lowest BCUT2D eigenvalue weighted by atomic mass is 10.1. The smallest absolute Gasteiger partial charge is 0.334 e. The van der Waals surface area contributed by atoms with Crippen molar-refractivity contribution in [1.29, 1.82) is 0 Å². The van der Waals surface area contributed by atoms with Crippen LogP contribution in [0.1, 0.15) is 5.56 Å². The fourth-order valence-electron chi connectivity index (χ4n) is 1.73. The number of carbonyl (C=O) groups excluding carboxylic acids is 1. The topological polar surface area (TPSA) is 95.9 Å². The van der Waals surface area contributed by atoms with E-state index in [1.807, 2.05) is 18.2 Å². The average molecular weight is 251 g/mol. The number of fused-ring (bicyclic) bond motifs is 1. The number of carbonyl (C=O) groups is 2. The fourth-order valence-corrected chi connectivity index (χ4v) is 1.73. The molecule has 0 radical (unpaired) electrons. The summed E-state index contributed by atoms with van der Waals surface area (Å²) in [7, 11) is 0. The third-order valence-electron chi connectivity index (χ3n) is 2.69. The molecule has 1 aromatic rings. The van der Waals surface area contributed by atoms with Crippen LogP contribution in [-0.4, -0.2) is 40.8 Å². The second kappa shape index (κ2) is 5.05. The van der Waals surface area contributed by atoms with E-state index in [2.05, 4.69) is 5.32 Å². The van der Waals surface area contributed by atoms with Crippen molar-refractivity contribution in [1.82, 2.24) is 5.32 Å². The van der Waals surface area contributed by atoms with Gasteiger partial charge in [0.05, 0.1) is 6.54 Å². The molecule has 18 heavy (non-hydrogen) atoms. The minimum absolute atomic E-state index is 0.329. The molecule has 6 heteroatoms. The van der Waals surface area contributed by atoms with Gasteiger partial charge in [0.2, 0.25) is 0 Å². The Kier molecular flexibility index (Phi) is 3.47. The third kappa shape index (κ3) is 2.60. The Labute approximate surface area is 103 Å². The molecule has 2 unspecified atom stereocenters. The molecule has 0 aromatic heterocycles. The first-order valence-corrected chi connectivity index (χ1v) is 5.51. The predicted molar refractivity (Wildman–Crippen MR) is 61.2 cm³/mol. The summed E-state index contributed by atoms with van der Waals surface area (Å²) < 4.78 is 5.42. The lowest BCUT2D eigenvalue weighted by Crippen LogP contribution is -2.43. The number of rotatable bonds is 4. The highest BCUT2D eigenvalue weighted by Gasteiger charge is 2.29. The lowest BCUT2D eigenvalue weighted by molar-refractivity contribution is -0.146. The Balaban J connectivity index is 1.88. The normalized spacial score (nSPS) is 18.6. The van der Waals surface area contributed by atoms with Gasteiger partial charge in [0.15, 0.2) is 12.2 Å². The second-order valence-corrected chi connectivity index (χ2v) is 4.02. The molecule has 1 heterocycles. The summed E-state index contributed by atoms with van der Waals surface area (Å²) in [5, 5.41) is 19.9. The summed E-state index contributed by atoms with van der Waals surface area (Å²) in [6.45, 7) is -0.329. The fraction of sp³-hybridized carbons (Fsp3) is 0.333. The Morgan fingerprint density at radius 2 is 2.17 bits per heavy atom. The molecule has 0 bridgehead atoms. The summed E-state index contributed by atoms with van der Waals surface area (Å²) >= 11 is 0. The van der Waals surface area contributed by atoms with E-state index in [0.29, 0.717) is 12.2 Å². The van der Waals surface area contributed by atoms with Gasteiger partial charge in [0, 0.05) is 6.42 Å². The van der Waals surface area contributed by atoms with Gasteiger partial charge in [0.25, 0.3) is 5.91 Å². The molecule has 1 aliphatic heterocycles. The Morgan fingerprint density at radius 1 is 1.44 bits per heavy atom. The molecule has 0 saturated heterocycles. The summed E-state index contributed by atoms with van der Waals surface area (Å²) in [5.74, 6) is -1.13. The van der Waals surface area contributed by atoms with E-state index < -0.39 is 24.1 Å². The van der Waals surface area contributed by atoms with Crippen molar-refractivity contribution < 1.29 is 24.5 Å². The number of aliphatic hydroxyl groups is 1. The Bertz CT molecular complexity index is 448. The molecule has 1 aromatic carbocycles. The van der Waals surface area contributed by atoms with Gasteiger partial charge in [-0.15, -0.1) is 0 Å². The molecule has 0 spiro atoms. The van der Waals surface area contributed by atoms with Crippen LogP contribution in [-0.2, 0) is 16.0 Å². The van der Waals surface area contributed by atoms with Crippen molar-refractivity contribution in [3.05, 3.63) is 29.8 Å². The molecule has 0 saturated carbocycles. The van der Waals surface area contributed by atoms with E-state index in [-0.39, 0.29) is 6.54 Å². The molecule has 1 amide bonds. The van der Waals surface area contributed by atoms with Gasteiger partial charge in [-0.25, -0.2) is 4.79 Å². The predicted octanol–water partition coefficient (Wildman–Crippen LogP) is -0.448. The summed E-state index contributed by atoms with van der Waals surface area (Å²) in [6, 6.07) is 7.31. The van der Waals surface area contributed by atoms with Crippen LogP contribution in [0.25, 0.3) is 0 Å². The number of hydrogen-bond donors (Lipinski definition) is 3. The zero-order chi connectivity index (χ0) is 13.1. The van der Waals surface area contributed by atoms with Crippen molar-refractivity contribution >= 4 is 11.9 Å². The SMILES string of the molecule is O=C(O)C(O)CNC(=O)C1Cc2ccccc2O1. The van der Waals surface area contributed by atoms with Gasteiger partial charge in [0.1, 0.15) is 5.75 Å². The number of aliphatic carboxylic acids is 1. The van der Waals surface area contributed by atoms with Crippen LogP contribution >= 0.6 is 0 Å². The molecular weight excluding hydrogens is 238 g/mol. The number of aliphatic hydroxyl groups excluding tert-OH is 1. The van der Waals surface area contributed by atoms with Gasteiger partial charge < -0.3 is 20.3 Å². The van der Waals surface area contributed by atoms with E-state index >= 15 is 0 Å². The van der Waals surface area contributed by atoms with Crippen molar-refractivity contribution in [3.63, 3.8) is 0 Å². The van der Waals surface area contributed by atoms with Gasteiger partial charge in [-0.3, -0.25) is 4.79 Å². The van der Waals surface area contributed by atoms with Crippen LogP contribution in [0.15, 0.2) is 24.3 Å². The number of amides is 1. The molecule has 3 N–H and O–H groups in total. The van der Waals surface area contributed by atoms with Crippen molar-refractivity contribution in [2.75, 3.05) is 6.54 Å². The van der Waals surface area contributed by atoms with Gasteiger partial charge in [-0.2, -0.15) is 0 Å². The zero-order valence-corrected chi connectivity index (χ0v) is 9.50. The van der Waals surface area contributed by atoms with E-state index in [1.165, 1.54) is 0 Å². The molecule has 2 atom stereocenters. The van der Waals surface area contributed by atoms with Crippen molar-refractivity contribution in [3.8, 4) is 5.75 Å². The average Bonchev–Trinajstić information content (AvgIpc) is 2.79. The first-order valence-electron chi connectivity index (χ1n) is 5.51. The monoisotopic (exact) mass is 251 g/mol. The molecular formula is C12H13NO5. The highest BCUT2D eigenvalue weighted by Crippen LogP contribution is 2.27. The van der Waals surface area contributed by atoms with Crippen LogP contribution in [0.4, 0.5) is 0 Å². The molecule has 0 fully saturated rings. The standard InChI is InChI=1S/C12H13NO5/c14-8(12(16)17)6-13-11(15)10-5-7-3-1-2-4-9(7)18-10/h1-4,8,10,14H,5-6H2,(H,13,15)(H,16,17). The van der Waals surface area contributed by atoms with E-state index in [0.717, 1.165) is 5.56 Å². The van der Waals surface area contributed by atoms with Gasteiger partial charge in [-0.05, 0) is 11.6 Å². The number of hydrogen-bond acceptors (Lipinski definition) is 4. The maximum absolute atomic E-state index is 11.7. The maximum Gasteiger partial charge on any atom is 0.334 e. The summed E-state index contributed by atoms with van der Waals surface area (Å²) in [5.41, 5.74) is 0.941. The van der Waals surface area contributed by atoms with Crippen molar-refractivity contribution in [2.45, 2.75) is 18.6 Å². The van der Waals surface area contributed by atoms with Gasteiger partial charge in [-0.1, -0.05) is 18.2 Å². The quantitative estimate of drug-likeness (QED) is 0.673. The summed E-state index contributed by atoms with van der Waals surface area (Å²) in [6.07, 6.45) is -1.81. The van der Waals surface area contributed by atoms with E-state index in [9.17, 15) is 9.59 Å². The largest absolute Gasteiger partial charge is 0.480 e. The molecule has 6 nitrogen and oxygen atoms in total. The minimum atomic E-state index is -1.60. The van der Waals surface area contributed by atoms with Gasteiger partial charge >= 0.3 is 5.97 Å². The number of ether oxygens (including phenoxy) is 1.